The number of nitrogens with zero attached hydrogens (tertiary/aromatic N) is 1. The molecule has 2 N–H and O–H groups in total. The molecule has 3 aromatic rings. The van der Waals surface area contributed by atoms with E-state index in [1.807, 2.05) is 5.38 Å². The molecule has 168 valence electrons. The van der Waals surface area contributed by atoms with Gasteiger partial charge in [-0.25, -0.2) is 4.98 Å². The van der Waals surface area contributed by atoms with Gasteiger partial charge >= 0.3 is 0 Å². The number of amides is 2. The topological polar surface area (TPSA) is 98.8 Å². The van der Waals surface area contributed by atoms with E-state index in [0.717, 1.165) is 11.4 Å². The van der Waals surface area contributed by atoms with Gasteiger partial charge in [0.25, 0.3) is 5.91 Å². The molecule has 0 saturated heterocycles. The van der Waals surface area contributed by atoms with Crippen molar-refractivity contribution in [3.05, 3.63) is 59.6 Å². The summed E-state index contributed by atoms with van der Waals surface area (Å²) in [5.74, 6) is 2.48. The number of benzene rings is 2. The van der Waals surface area contributed by atoms with E-state index < -0.39 is 0 Å². The van der Waals surface area contributed by atoms with Gasteiger partial charge in [0.15, 0.2) is 11.7 Å². The molecule has 0 atom stereocenters. The average molecular weight is 474 g/mol. The van der Waals surface area contributed by atoms with Crippen molar-refractivity contribution < 1.29 is 23.8 Å². The third kappa shape index (κ3) is 7.47. The number of methoxy groups -OCH3 is 2. The SMILES string of the molecule is COc1ccc(NC(=O)CSCc2csc(NC(=O)COc3ccc(OC)cc3)n2)cc1. The molecule has 2 aromatic carbocycles. The third-order valence-corrected chi connectivity index (χ3v) is 5.86. The maximum atomic E-state index is 12.1. The van der Waals surface area contributed by atoms with Gasteiger partial charge < -0.3 is 19.5 Å². The molecule has 0 saturated carbocycles. The smallest absolute Gasteiger partial charge is 0.264 e. The molecule has 10 heteroatoms. The van der Waals surface area contributed by atoms with E-state index in [-0.39, 0.29) is 18.4 Å². The molecule has 2 amide bonds. The molecule has 0 aliphatic heterocycles. The number of carbonyl (C=O) groups excluding carboxylic acids is 2. The Kier molecular flexibility index (Phi) is 8.76. The normalized spacial score (nSPS) is 10.3. The number of hydrogen-bond acceptors (Lipinski definition) is 8. The monoisotopic (exact) mass is 473 g/mol. The highest BCUT2D eigenvalue weighted by molar-refractivity contribution is 7.99. The van der Waals surface area contributed by atoms with Crippen LogP contribution in [0.3, 0.4) is 0 Å². The number of hydrogen-bond donors (Lipinski definition) is 2. The molecule has 1 heterocycles. The molecule has 0 fully saturated rings. The highest BCUT2D eigenvalue weighted by Crippen LogP contribution is 2.21. The fourth-order valence-corrected chi connectivity index (χ4v) is 4.08. The molecule has 0 spiro atoms. The molecular formula is C22H23N3O5S2. The predicted molar refractivity (Wildman–Crippen MR) is 127 cm³/mol. The first-order valence-electron chi connectivity index (χ1n) is 9.58. The van der Waals surface area contributed by atoms with Gasteiger partial charge in [-0.3, -0.25) is 14.9 Å². The van der Waals surface area contributed by atoms with Crippen molar-refractivity contribution in [2.75, 3.05) is 37.2 Å². The van der Waals surface area contributed by atoms with E-state index in [1.165, 1.54) is 23.1 Å². The Labute approximate surface area is 194 Å². The Hall–Kier alpha value is -3.24. The van der Waals surface area contributed by atoms with Gasteiger partial charge in [-0.2, -0.15) is 0 Å². The van der Waals surface area contributed by atoms with Gasteiger partial charge in [-0.05, 0) is 48.5 Å². The molecule has 0 radical (unpaired) electrons. The van der Waals surface area contributed by atoms with Crippen molar-refractivity contribution in [1.82, 2.24) is 4.98 Å². The maximum Gasteiger partial charge on any atom is 0.264 e. The number of nitrogens with one attached hydrogen (secondary N) is 2. The van der Waals surface area contributed by atoms with Crippen LogP contribution in [0, 0.1) is 0 Å². The summed E-state index contributed by atoms with van der Waals surface area (Å²) in [6.07, 6.45) is 0. The van der Waals surface area contributed by atoms with Crippen LogP contribution < -0.4 is 24.8 Å². The summed E-state index contributed by atoms with van der Waals surface area (Å²) < 4.78 is 15.6. The summed E-state index contributed by atoms with van der Waals surface area (Å²) in [5, 5.41) is 7.90. The summed E-state index contributed by atoms with van der Waals surface area (Å²) >= 11 is 2.77. The first-order chi connectivity index (χ1) is 15.6. The fraction of sp³-hybridized carbons (Fsp3) is 0.227. The summed E-state index contributed by atoms with van der Waals surface area (Å²) in [7, 11) is 3.18. The van der Waals surface area contributed by atoms with Crippen LogP contribution in [-0.2, 0) is 15.3 Å². The molecule has 0 aliphatic rings. The zero-order chi connectivity index (χ0) is 22.8. The minimum Gasteiger partial charge on any atom is -0.497 e. The van der Waals surface area contributed by atoms with Gasteiger partial charge in [-0.15, -0.1) is 23.1 Å². The van der Waals surface area contributed by atoms with E-state index in [2.05, 4.69) is 15.6 Å². The summed E-state index contributed by atoms with van der Waals surface area (Å²) in [6, 6.07) is 14.1. The Morgan fingerprint density at radius 1 is 0.906 bits per heavy atom. The van der Waals surface area contributed by atoms with Gasteiger partial charge in [0.2, 0.25) is 5.91 Å². The molecule has 3 rings (SSSR count). The predicted octanol–water partition coefficient (Wildman–Crippen LogP) is 4.05. The second-order valence-electron chi connectivity index (χ2n) is 6.43. The fourth-order valence-electron chi connectivity index (χ4n) is 2.53. The van der Waals surface area contributed by atoms with E-state index in [0.29, 0.717) is 33.8 Å². The lowest BCUT2D eigenvalue weighted by Crippen LogP contribution is -2.20. The summed E-state index contributed by atoms with van der Waals surface area (Å²) in [6.45, 7) is -0.123. The molecule has 0 aliphatic carbocycles. The van der Waals surface area contributed by atoms with Crippen LogP contribution in [-0.4, -0.2) is 43.4 Å². The van der Waals surface area contributed by atoms with Crippen molar-refractivity contribution in [3.8, 4) is 17.2 Å². The number of thioether (sulfide) groups is 1. The number of aromatic nitrogens is 1. The molecule has 0 unspecified atom stereocenters. The van der Waals surface area contributed by atoms with Crippen LogP contribution >= 0.6 is 23.1 Å². The van der Waals surface area contributed by atoms with E-state index in [9.17, 15) is 9.59 Å². The van der Waals surface area contributed by atoms with Crippen LogP contribution in [0.25, 0.3) is 0 Å². The average Bonchev–Trinajstić information content (AvgIpc) is 3.25. The van der Waals surface area contributed by atoms with Crippen molar-refractivity contribution in [2.24, 2.45) is 0 Å². The van der Waals surface area contributed by atoms with Crippen LogP contribution in [0.15, 0.2) is 53.9 Å². The highest BCUT2D eigenvalue weighted by Gasteiger charge is 2.09. The molecule has 1 aromatic heterocycles. The lowest BCUT2D eigenvalue weighted by Gasteiger charge is -2.06. The Bertz CT molecular complexity index is 1020. The third-order valence-electron chi connectivity index (χ3n) is 4.08. The molecular weight excluding hydrogens is 450 g/mol. The second kappa shape index (κ2) is 12.0. The number of anilines is 2. The van der Waals surface area contributed by atoms with Gasteiger partial charge in [0, 0.05) is 16.8 Å². The zero-order valence-corrected chi connectivity index (χ0v) is 19.3. The summed E-state index contributed by atoms with van der Waals surface area (Å²) in [4.78, 5) is 28.5. The van der Waals surface area contributed by atoms with Crippen LogP contribution in [0.5, 0.6) is 17.2 Å². The van der Waals surface area contributed by atoms with E-state index >= 15 is 0 Å². The largest absolute Gasteiger partial charge is 0.497 e. The lowest BCUT2D eigenvalue weighted by atomic mass is 10.3. The number of carbonyl (C=O) groups is 2. The first-order valence-corrected chi connectivity index (χ1v) is 11.6. The van der Waals surface area contributed by atoms with Gasteiger partial charge in [0.05, 0.1) is 25.7 Å². The lowest BCUT2D eigenvalue weighted by molar-refractivity contribution is -0.118. The van der Waals surface area contributed by atoms with Gasteiger partial charge in [0.1, 0.15) is 17.2 Å². The summed E-state index contributed by atoms with van der Waals surface area (Å²) in [5.41, 5.74) is 1.51. The van der Waals surface area contributed by atoms with Crippen molar-refractivity contribution in [3.63, 3.8) is 0 Å². The van der Waals surface area contributed by atoms with Crippen molar-refractivity contribution in [1.29, 1.82) is 0 Å². The van der Waals surface area contributed by atoms with Crippen LogP contribution in [0.2, 0.25) is 0 Å². The van der Waals surface area contributed by atoms with E-state index in [4.69, 9.17) is 14.2 Å². The van der Waals surface area contributed by atoms with E-state index in [1.54, 1.807) is 62.8 Å². The number of thiazole rings is 1. The van der Waals surface area contributed by atoms with Gasteiger partial charge in [-0.1, -0.05) is 0 Å². The number of ether oxygens (including phenoxy) is 3. The maximum absolute atomic E-state index is 12.1. The highest BCUT2D eigenvalue weighted by atomic mass is 32.2. The molecule has 8 nitrogen and oxygen atoms in total. The van der Waals surface area contributed by atoms with Crippen molar-refractivity contribution in [2.45, 2.75) is 5.75 Å². The number of rotatable bonds is 11. The Balaban J connectivity index is 1.36. The second-order valence-corrected chi connectivity index (χ2v) is 8.27. The molecule has 0 bridgehead atoms. The Morgan fingerprint density at radius 2 is 1.53 bits per heavy atom. The van der Waals surface area contributed by atoms with Crippen LogP contribution in [0.4, 0.5) is 10.8 Å². The minimum absolute atomic E-state index is 0.0976. The van der Waals surface area contributed by atoms with Crippen molar-refractivity contribution >= 4 is 45.7 Å². The standard InChI is InChI=1S/C22H23N3O5S2/c1-28-17-5-3-15(4-6-17)23-21(27)14-31-12-16-13-32-22(24-16)25-20(26)11-30-19-9-7-18(29-2)8-10-19/h3-10,13H,11-12,14H2,1-2H3,(H,23,27)(H,24,25,26). The first kappa shape index (κ1) is 23.4. The minimum atomic E-state index is -0.298. The quantitative estimate of drug-likeness (QED) is 0.433. The Morgan fingerprint density at radius 3 is 2.19 bits per heavy atom. The zero-order valence-electron chi connectivity index (χ0n) is 17.6. The molecule has 32 heavy (non-hydrogen) atoms. The van der Waals surface area contributed by atoms with Crippen LogP contribution in [0.1, 0.15) is 5.69 Å².